The van der Waals surface area contributed by atoms with E-state index in [2.05, 4.69) is 4.85 Å². The van der Waals surface area contributed by atoms with Crippen LogP contribution in [0.4, 0.5) is 32.0 Å². The lowest BCUT2D eigenvalue weighted by molar-refractivity contribution is -0.215. The molecule has 166 valence electrons. The maximum atomic E-state index is 13.6. The number of halogens is 6. The summed E-state index contributed by atoms with van der Waals surface area (Å²) in [6.45, 7) is 6.79. The zero-order valence-electron chi connectivity index (χ0n) is 15.9. The van der Waals surface area contributed by atoms with E-state index < -0.39 is 54.0 Å². The molecule has 1 aromatic carbocycles. The number of carbonyl (C=O) groups excluding carboxylic acids is 1. The summed E-state index contributed by atoms with van der Waals surface area (Å²) in [5, 5.41) is 8.88. The van der Waals surface area contributed by atoms with Crippen LogP contribution in [0.15, 0.2) is 18.2 Å². The average molecular weight is 446 g/mol. The van der Waals surface area contributed by atoms with Gasteiger partial charge in [-0.05, 0) is 18.2 Å². The summed E-state index contributed by atoms with van der Waals surface area (Å²) in [5.74, 6) is -0.704. The van der Waals surface area contributed by atoms with Crippen molar-refractivity contribution in [1.82, 2.24) is 4.90 Å². The number of benzene rings is 1. The number of hydrogen-bond donors (Lipinski definition) is 0. The van der Waals surface area contributed by atoms with Crippen LogP contribution in [0.2, 0.25) is 0 Å². The van der Waals surface area contributed by atoms with Crippen molar-refractivity contribution in [3.05, 3.63) is 40.7 Å². The third-order valence-corrected chi connectivity index (χ3v) is 5.21. The van der Waals surface area contributed by atoms with Crippen molar-refractivity contribution in [3.63, 3.8) is 0 Å². The first-order chi connectivity index (χ1) is 14.5. The molecule has 1 amide bonds. The van der Waals surface area contributed by atoms with Gasteiger partial charge in [-0.25, -0.2) is 6.57 Å². The Morgan fingerprint density at radius 3 is 2.35 bits per heavy atom. The summed E-state index contributed by atoms with van der Waals surface area (Å²) in [5.41, 5.74) is -2.56. The van der Waals surface area contributed by atoms with Gasteiger partial charge in [-0.2, -0.15) is 31.6 Å². The molecule has 0 bridgehead atoms. The number of nitrogens with zero attached hydrogens (tertiary/aromatic N) is 4. The zero-order chi connectivity index (χ0) is 23.0. The third kappa shape index (κ3) is 4.69. The topological polar surface area (TPSA) is 60.9 Å². The minimum absolute atomic E-state index is 0.192. The average Bonchev–Trinajstić information content (AvgIpc) is 3.18. The van der Waals surface area contributed by atoms with Crippen molar-refractivity contribution in [2.24, 2.45) is 0 Å². The summed E-state index contributed by atoms with van der Waals surface area (Å²) < 4.78 is 85.3. The fourth-order valence-corrected chi connectivity index (χ4v) is 3.64. The lowest BCUT2D eigenvalue weighted by atomic mass is 10.0. The van der Waals surface area contributed by atoms with E-state index in [-0.39, 0.29) is 19.1 Å². The molecule has 1 aromatic rings. The van der Waals surface area contributed by atoms with Crippen LogP contribution >= 0.6 is 0 Å². The van der Waals surface area contributed by atoms with Gasteiger partial charge in [-0.1, -0.05) is 0 Å². The standard InChI is InChI=1S/C19H16F6N4O2/c1-27-12-4-6-28(7-5-12)16(30)15-10-29(17(31-15)19(23,24)25)13-3-2-11(9-26)14(8-13)18(20,21)22/h2-3,8,12,15,17H,4-7,10H2. The SMILES string of the molecule is [C-]#[N+]C1CCN(C(=O)C2CN(c3ccc(C#N)c(C(F)(F)F)c3)C(C(F)(F)F)O2)CC1. The predicted octanol–water partition coefficient (Wildman–Crippen LogP) is 3.58. The Kier molecular flexibility index (Phi) is 6.05. The van der Waals surface area contributed by atoms with Crippen LogP contribution in [0, 0.1) is 17.9 Å². The zero-order valence-corrected chi connectivity index (χ0v) is 15.9. The van der Waals surface area contributed by atoms with Crippen LogP contribution < -0.4 is 4.90 Å². The molecule has 2 fully saturated rings. The first kappa shape index (κ1) is 22.7. The first-order valence-corrected chi connectivity index (χ1v) is 9.21. The van der Waals surface area contributed by atoms with Crippen molar-refractivity contribution in [1.29, 1.82) is 5.26 Å². The monoisotopic (exact) mass is 446 g/mol. The number of hydrogen-bond acceptors (Lipinski definition) is 4. The van der Waals surface area contributed by atoms with Gasteiger partial charge in [0.2, 0.25) is 12.3 Å². The Morgan fingerprint density at radius 2 is 1.84 bits per heavy atom. The lowest BCUT2D eigenvalue weighted by Crippen LogP contribution is -2.45. The van der Waals surface area contributed by atoms with E-state index in [1.807, 2.05) is 0 Å². The Balaban J connectivity index is 1.87. The first-order valence-electron chi connectivity index (χ1n) is 9.21. The molecule has 2 aliphatic heterocycles. The highest BCUT2D eigenvalue weighted by Gasteiger charge is 2.53. The molecule has 0 saturated carbocycles. The minimum Gasteiger partial charge on any atom is -0.340 e. The highest BCUT2D eigenvalue weighted by Crippen LogP contribution is 2.39. The normalized spacial score (nSPS) is 22.8. The summed E-state index contributed by atoms with van der Waals surface area (Å²) in [4.78, 5) is 17.9. The van der Waals surface area contributed by atoms with Gasteiger partial charge in [0.05, 0.1) is 23.7 Å². The molecule has 0 radical (unpaired) electrons. The van der Waals surface area contributed by atoms with Crippen LogP contribution in [0.1, 0.15) is 24.0 Å². The quantitative estimate of drug-likeness (QED) is 0.515. The number of likely N-dealkylation sites (tertiary alicyclic amines) is 1. The second-order valence-electron chi connectivity index (χ2n) is 7.20. The summed E-state index contributed by atoms with van der Waals surface area (Å²) >= 11 is 0. The van der Waals surface area contributed by atoms with Crippen molar-refractivity contribution in [3.8, 4) is 6.07 Å². The molecular weight excluding hydrogens is 430 g/mol. The molecular formula is C19H16F6N4O2. The molecule has 2 heterocycles. The fraction of sp³-hybridized carbons (Fsp3) is 0.526. The Labute approximate surface area is 173 Å². The van der Waals surface area contributed by atoms with Crippen LogP contribution in [0.25, 0.3) is 4.85 Å². The molecule has 31 heavy (non-hydrogen) atoms. The number of rotatable bonds is 2. The molecule has 6 nitrogen and oxygen atoms in total. The second-order valence-corrected chi connectivity index (χ2v) is 7.20. The molecule has 0 aromatic heterocycles. The van der Waals surface area contributed by atoms with Crippen LogP contribution in [-0.4, -0.2) is 55.0 Å². The van der Waals surface area contributed by atoms with Gasteiger partial charge in [-0.3, -0.25) is 4.79 Å². The molecule has 2 atom stereocenters. The third-order valence-electron chi connectivity index (χ3n) is 5.21. The van der Waals surface area contributed by atoms with Crippen LogP contribution in [-0.2, 0) is 15.7 Å². The van der Waals surface area contributed by atoms with Gasteiger partial charge < -0.3 is 19.4 Å². The van der Waals surface area contributed by atoms with Crippen molar-refractivity contribution in [2.45, 2.75) is 43.6 Å². The summed E-state index contributed by atoms with van der Waals surface area (Å²) in [7, 11) is 0. The van der Waals surface area contributed by atoms with E-state index in [4.69, 9.17) is 16.6 Å². The summed E-state index contributed by atoms with van der Waals surface area (Å²) in [6, 6.07) is 3.31. The van der Waals surface area contributed by atoms with Gasteiger partial charge in [0.25, 0.3) is 5.91 Å². The largest absolute Gasteiger partial charge is 0.433 e. The highest BCUT2D eigenvalue weighted by atomic mass is 19.4. The van der Waals surface area contributed by atoms with Gasteiger partial charge in [-0.15, -0.1) is 0 Å². The lowest BCUT2D eigenvalue weighted by Gasteiger charge is -2.29. The van der Waals surface area contributed by atoms with Crippen molar-refractivity contribution >= 4 is 11.6 Å². The number of ether oxygens (including phenoxy) is 1. The Hall–Kier alpha value is -2.99. The Morgan fingerprint density at radius 1 is 1.19 bits per heavy atom. The number of carbonyl (C=O) groups is 1. The number of nitriles is 1. The molecule has 3 rings (SSSR count). The van der Waals surface area contributed by atoms with Gasteiger partial charge >= 0.3 is 12.4 Å². The molecule has 2 unspecified atom stereocenters. The number of piperidine rings is 1. The van der Waals surface area contributed by atoms with E-state index in [0.717, 1.165) is 12.1 Å². The van der Waals surface area contributed by atoms with Gasteiger partial charge in [0, 0.05) is 31.6 Å². The van der Waals surface area contributed by atoms with Crippen LogP contribution in [0.5, 0.6) is 0 Å². The second kappa shape index (κ2) is 8.27. The maximum absolute atomic E-state index is 13.6. The summed E-state index contributed by atoms with van der Waals surface area (Å²) in [6.07, 6.45) is -13.3. The van der Waals surface area contributed by atoms with Crippen LogP contribution in [0.3, 0.4) is 0 Å². The number of anilines is 1. The predicted molar refractivity (Wildman–Crippen MR) is 94.4 cm³/mol. The highest BCUT2D eigenvalue weighted by molar-refractivity contribution is 5.82. The van der Waals surface area contributed by atoms with E-state index in [1.165, 1.54) is 11.0 Å². The van der Waals surface area contributed by atoms with E-state index in [9.17, 15) is 31.1 Å². The van der Waals surface area contributed by atoms with Gasteiger partial charge in [0.1, 0.15) is 0 Å². The van der Waals surface area contributed by atoms with Crippen molar-refractivity contribution < 1.29 is 35.9 Å². The molecule has 12 heteroatoms. The van der Waals surface area contributed by atoms with Crippen molar-refractivity contribution in [2.75, 3.05) is 24.5 Å². The van der Waals surface area contributed by atoms with E-state index >= 15 is 0 Å². The minimum atomic E-state index is -4.97. The molecule has 0 N–H and O–H groups in total. The molecule has 2 aliphatic rings. The molecule has 0 spiro atoms. The van der Waals surface area contributed by atoms with Gasteiger partial charge in [0.15, 0.2) is 6.10 Å². The van der Waals surface area contributed by atoms with E-state index in [1.54, 1.807) is 0 Å². The molecule has 2 saturated heterocycles. The smallest absolute Gasteiger partial charge is 0.340 e. The maximum Gasteiger partial charge on any atom is 0.433 e. The molecule has 0 aliphatic carbocycles. The van der Waals surface area contributed by atoms with E-state index in [0.29, 0.717) is 23.8 Å². The Bertz CT molecular complexity index is 925. The number of alkyl halides is 6. The number of amides is 1. The fourth-order valence-electron chi connectivity index (χ4n) is 3.64.